The van der Waals surface area contributed by atoms with Gasteiger partial charge < -0.3 is 15.8 Å². The van der Waals surface area contributed by atoms with Crippen LogP contribution in [0.15, 0.2) is 0 Å². The number of amides is 3. The highest BCUT2D eigenvalue weighted by Gasteiger charge is 2.26. The number of nitrogens with two attached hydrogens (primary N) is 1. The molecule has 1 saturated carbocycles. The smallest absolute Gasteiger partial charge is 0.318 e. The van der Waals surface area contributed by atoms with Gasteiger partial charge in [-0.2, -0.15) is 0 Å². The van der Waals surface area contributed by atoms with Gasteiger partial charge in [-0.3, -0.25) is 10.1 Å². The number of nitrogens with one attached hydrogen (secondary N) is 2. The fraction of sp³-hybridized carbons (Fsp3) is 0.778. The number of imide groups is 1. The molecule has 0 aromatic rings. The molecule has 86 valence electrons. The third kappa shape index (κ3) is 3.85. The van der Waals surface area contributed by atoms with E-state index in [1.165, 1.54) is 0 Å². The van der Waals surface area contributed by atoms with E-state index in [0.717, 1.165) is 19.3 Å². The first-order valence-corrected chi connectivity index (χ1v) is 4.99. The minimum atomic E-state index is -0.823. The SMILES string of the molecule is COC1CCCC1NCC(=O)NC(N)=O. The van der Waals surface area contributed by atoms with E-state index in [9.17, 15) is 9.59 Å². The van der Waals surface area contributed by atoms with Crippen LogP contribution in [0.1, 0.15) is 19.3 Å². The molecule has 0 radical (unpaired) electrons. The van der Waals surface area contributed by atoms with E-state index in [2.05, 4.69) is 5.32 Å². The Kier molecular flexibility index (Phi) is 4.51. The van der Waals surface area contributed by atoms with Gasteiger partial charge in [-0.15, -0.1) is 0 Å². The van der Waals surface area contributed by atoms with Crippen molar-refractivity contribution in [3.05, 3.63) is 0 Å². The Labute approximate surface area is 88.5 Å². The van der Waals surface area contributed by atoms with Crippen molar-refractivity contribution < 1.29 is 14.3 Å². The molecule has 2 unspecified atom stereocenters. The topological polar surface area (TPSA) is 93.4 Å². The number of rotatable bonds is 4. The van der Waals surface area contributed by atoms with Crippen LogP contribution >= 0.6 is 0 Å². The average Bonchev–Trinajstić information content (AvgIpc) is 2.60. The lowest BCUT2D eigenvalue weighted by Crippen LogP contribution is -2.45. The van der Waals surface area contributed by atoms with Crippen molar-refractivity contribution in [2.24, 2.45) is 5.73 Å². The Morgan fingerprint density at radius 2 is 2.20 bits per heavy atom. The van der Waals surface area contributed by atoms with E-state index < -0.39 is 11.9 Å². The van der Waals surface area contributed by atoms with Crippen molar-refractivity contribution in [3.8, 4) is 0 Å². The summed E-state index contributed by atoms with van der Waals surface area (Å²) in [5, 5.41) is 5.04. The predicted molar refractivity (Wildman–Crippen MR) is 54.2 cm³/mol. The minimum absolute atomic E-state index is 0.0907. The quantitative estimate of drug-likeness (QED) is 0.580. The number of methoxy groups -OCH3 is 1. The summed E-state index contributed by atoms with van der Waals surface area (Å²) in [6, 6.07) is -0.634. The first-order valence-electron chi connectivity index (χ1n) is 4.99. The Hall–Kier alpha value is -1.14. The van der Waals surface area contributed by atoms with Crippen LogP contribution in [0.3, 0.4) is 0 Å². The fourth-order valence-corrected chi connectivity index (χ4v) is 1.85. The lowest BCUT2D eigenvalue weighted by molar-refractivity contribution is -0.119. The van der Waals surface area contributed by atoms with Gasteiger partial charge in [0.25, 0.3) is 0 Å². The number of primary amides is 1. The number of carbonyl (C=O) groups is 2. The number of hydrogen-bond acceptors (Lipinski definition) is 4. The molecular weight excluding hydrogens is 198 g/mol. The number of carbonyl (C=O) groups excluding carboxylic acids is 2. The van der Waals surface area contributed by atoms with Crippen LogP contribution in [-0.2, 0) is 9.53 Å². The molecule has 6 nitrogen and oxygen atoms in total. The van der Waals surface area contributed by atoms with Crippen LogP contribution in [0.2, 0.25) is 0 Å². The molecule has 4 N–H and O–H groups in total. The van der Waals surface area contributed by atoms with Gasteiger partial charge in [-0.1, -0.05) is 0 Å². The third-order valence-corrected chi connectivity index (χ3v) is 2.54. The van der Waals surface area contributed by atoms with Crippen molar-refractivity contribution in [1.82, 2.24) is 10.6 Å². The van der Waals surface area contributed by atoms with Crippen molar-refractivity contribution in [2.75, 3.05) is 13.7 Å². The lowest BCUT2D eigenvalue weighted by atomic mass is 10.2. The largest absolute Gasteiger partial charge is 0.380 e. The molecule has 2 atom stereocenters. The number of urea groups is 1. The van der Waals surface area contributed by atoms with Crippen LogP contribution in [0.4, 0.5) is 4.79 Å². The summed E-state index contributed by atoms with van der Waals surface area (Å²) < 4.78 is 5.25. The van der Waals surface area contributed by atoms with Crippen LogP contribution in [0.5, 0.6) is 0 Å². The average molecular weight is 215 g/mol. The summed E-state index contributed by atoms with van der Waals surface area (Å²) in [4.78, 5) is 21.5. The molecule has 0 bridgehead atoms. The maximum Gasteiger partial charge on any atom is 0.318 e. The summed E-state index contributed by atoms with van der Waals surface area (Å²) >= 11 is 0. The molecule has 1 fully saturated rings. The predicted octanol–water partition coefficient (Wildman–Crippen LogP) is -0.662. The Bertz CT molecular complexity index is 245. The monoisotopic (exact) mass is 215 g/mol. The maximum atomic E-state index is 11.1. The fourth-order valence-electron chi connectivity index (χ4n) is 1.85. The second-order valence-electron chi connectivity index (χ2n) is 3.60. The molecule has 3 amide bonds. The highest BCUT2D eigenvalue weighted by molar-refractivity contribution is 5.94. The molecule has 0 aromatic carbocycles. The molecule has 0 heterocycles. The van der Waals surface area contributed by atoms with E-state index in [-0.39, 0.29) is 18.7 Å². The first kappa shape index (κ1) is 11.9. The third-order valence-electron chi connectivity index (χ3n) is 2.54. The summed E-state index contributed by atoms with van der Waals surface area (Å²) in [6.45, 7) is 0.0907. The zero-order valence-corrected chi connectivity index (χ0v) is 8.79. The van der Waals surface area contributed by atoms with Gasteiger partial charge in [-0.25, -0.2) is 4.79 Å². The summed E-state index contributed by atoms with van der Waals surface area (Å²) in [6.07, 6.45) is 3.24. The molecule has 0 saturated heterocycles. The van der Waals surface area contributed by atoms with Crippen molar-refractivity contribution >= 4 is 11.9 Å². The summed E-state index contributed by atoms with van der Waals surface area (Å²) in [5.41, 5.74) is 4.81. The summed E-state index contributed by atoms with van der Waals surface area (Å²) in [5.74, 6) is -0.413. The van der Waals surface area contributed by atoms with E-state index in [1.807, 2.05) is 5.32 Å². The molecule has 1 rings (SSSR count). The standard InChI is InChI=1S/C9H17N3O3/c1-15-7-4-2-3-6(7)11-5-8(13)12-9(10)14/h6-7,11H,2-5H2,1H3,(H3,10,12,13,14). The normalized spacial score (nSPS) is 25.1. The number of ether oxygens (including phenoxy) is 1. The van der Waals surface area contributed by atoms with Crippen molar-refractivity contribution in [1.29, 1.82) is 0 Å². The Morgan fingerprint density at radius 1 is 1.47 bits per heavy atom. The zero-order chi connectivity index (χ0) is 11.3. The highest BCUT2D eigenvalue weighted by atomic mass is 16.5. The lowest BCUT2D eigenvalue weighted by Gasteiger charge is -2.18. The van der Waals surface area contributed by atoms with Crippen LogP contribution in [-0.4, -0.2) is 37.7 Å². The van der Waals surface area contributed by atoms with Gasteiger partial charge in [0.05, 0.1) is 12.6 Å². The molecule has 1 aliphatic rings. The van der Waals surface area contributed by atoms with Crippen molar-refractivity contribution in [3.63, 3.8) is 0 Å². The van der Waals surface area contributed by atoms with Crippen LogP contribution in [0.25, 0.3) is 0 Å². The van der Waals surface area contributed by atoms with E-state index >= 15 is 0 Å². The molecule has 1 aliphatic carbocycles. The van der Waals surface area contributed by atoms with E-state index in [1.54, 1.807) is 7.11 Å². The Balaban J connectivity index is 2.24. The second-order valence-corrected chi connectivity index (χ2v) is 3.60. The summed E-state index contributed by atoms with van der Waals surface area (Å²) in [7, 11) is 1.66. The molecular formula is C9H17N3O3. The molecule has 0 aromatic heterocycles. The first-order chi connectivity index (χ1) is 7.13. The molecule has 0 spiro atoms. The van der Waals surface area contributed by atoms with Crippen LogP contribution < -0.4 is 16.4 Å². The molecule has 15 heavy (non-hydrogen) atoms. The Morgan fingerprint density at radius 3 is 2.80 bits per heavy atom. The molecule has 0 aliphatic heterocycles. The zero-order valence-electron chi connectivity index (χ0n) is 8.79. The number of hydrogen-bond donors (Lipinski definition) is 3. The molecule has 6 heteroatoms. The minimum Gasteiger partial charge on any atom is -0.380 e. The second kappa shape index (κ2) is 5.67. The van der Waals surface area contributed by atoms with Gasteiger partial charge >= 0.3 is 6.03 Å². The van der Waals surface area contributed by atoms with Crippen molar-refractivity contribution in [2.45, 2.75) is 31.4 Å². The van der Waals surface area contributed by atoms with E-state index in [0.29, 0.717) is 0 Å². The van der Waals surface area contributed by atoms with Gasteiger partial charge in [-0.05, 0) is 19.3 Å². The van der Waals surface area contributed by atoms with Crippen LogP contribution in [0, 0.1) is 0 Å². The van der Waals surface area contributed by atoms with Gasteiger partial charge in [0, 0.05) is 13.2 Å². The van der Waals surface area contributed by atoms with Gasteiger partial charge in [0.1, 0.15) is 0 Å². The highest BCUT2D eigenvalue weighted by Crippen LogP contribution is 2.20. The maximum absolute atomic E-state index is 11.1. The van der Waals surface area contributed by atoms with Gasteiger partial charge in [0.2, 0.25) is 5.91 Å². The van der Waals surface area contributed by atoms with Gasteiger partial charge in [0.15, 0.2) is 0 Å². The van der Waals surface area contributed by atoms with E-state index in [4.69, 9.17) is 10.5 Å².